The number of rotatable bonds is 5. The van der Waals surface area contributed by atoms with Crippen LogP contribution in [0, 0.1) is 0 Å². The highest BCUT2D eigenvalue weighted by molar-refractivity contribution is 8.13. The number of hydrogen-bond donors (Lipinski definition) is 2. The van der Waals surface area contributed by atoms with Gasteiger partial charge < -0.3 is 5.32 Å². The first-order valence-electron chi connectivity index (χ1n) is 5.30. The van der Waals surface area contributed by atoms with E-state index in [4.69, 9.17) is 4.55 Å². The molecule has 0 aliphatic rings. The molecule has 0 radical (unpaired) electrons. The van der Waals surface area contributed by atoms with Crippen LogP contribution in [0.2, 0.25) is 0 Å². The first kappa shape index (κ1) is 15.7. The minimum absolute atomic E-state index is 0.0506. The van der Waals surface area contributed by atoms with Gasteiger partial charge in [-0.15, -0.1) is 0 Å². The van der Waals surface area contributed by atoms with Crippen LogP contribution in [0.1, 0.15) is 13.3 Å². The number of nitrogens with one attached hydrogen (secondary N) is 1. The average molecular weight is 303 g/mol. The molecule has 0 heterocycles. The Morgan fingerprint density at radius 2 is 1.84 bits per heavy atom. The minimum Gasteiger partial charge on any atom is -0.326 e. The van der Waals surface area contributed by atoms with E-state index in [0.717, 1.165) is 11.8 Å². The van der Waals surface area contributed by atoms with Crippen molar-refractivity contribution in [2.24, 2.45) is 0 Å². The van der Waals surface area contributed by atoms with Gasteiger partial charge in [0, 0.05) is 24.8 Å². The fraction of sp³-hybridized carbons (Fsp3) is 0.273. The predicted molar refractivity (Wildman–Crippen MR) is 72.6 cm³/mol. The van der Waals surface area contributed by atoms with Crippen LogP contribution in [0.15, 0.2) is 29.2 Å². The SMILES string of the molecule is CC(=O)SCCC(=O)Nc1ccc(S(=O)(=O)O)cc1. The molecule has 0 spiro atoms. The second-order valence-electron chi connectivity index (χ2n) is 3.64. The summed E-state index contributed by atoms with van der Waals surface area (Å²) in [5.41, 5.74) is 0.422. The molecule has 8 heteroatoms. The Balaban J connectivity index is 2.54. The normalized spacial score (nSPS) is 11.1. The molecule has 104 valence electrons. The lowest BCUT2D eigenvalue weighted by atomic mass is 10.3. The Labute approximate surface area is 115 Å². The highest BCUT2D eigenvalue weighted by atomic mass is 32.2. The lowest BCUT2D eigenvalue weighted by Crippen LogP contribution is -2.12. The molecule has 1 amide bonds. The zero-order valence-electron chi connectivity index (χ0n) is 10.1. The van der Waals surface area contributed by atoms with E-state index in [0.29, 0.717) is 11.4 Å². The van der Waals surface area contributed by atoms with E-state index in [1.165, 1.54) is 31.2 Å². The third kappa shape index (κ3) is 5.86. The highest BCUT2D eigenvalue weighted by Crippen LogP contribution is 2.14. The third-order valence-corrected chi connectivity index (χ3v) is 3.75. The van der Waals surface area contributed by atoms with Crippen LogP contribution in [0.5, 0.6) is 0 Å². The number of carbonyl (C=O) groups is 2. The topological polar surface area (TPSA) is 101 Å². The van der Waals surface area contributed by atoms with Crippen molar-refractivity contribution in [1.29, 1.82) is 0 Å². The Morgan fingerprint density at radius 1 is 1.26 bits per heavy atom. The van der Waals surface area contributed by atoms with Crippen LogP contribution in [0.25, 0.3) is 0 Å². The first-order valence-corrected chi connectivity index (χ1v) is 7.72. The largest absolute Gasteiger partial charge is 0.326 e. The number of amides is 1. The van der Waals surface area contributed by atoms with Crippen molar-refractivity contribution >= 4 is 38.6 Å². The summed E-state index contributed by atoms with van der Waals surface area (Å²) in [6.45, 7) is 1.43. The van der Waals surface area contributed by atoms with Crippen molar-refractivity contribution in [1.82, 2.24) is 0 Å². The molecule has 0 bridgehead atoms. The molecule has 0 aromatic heterocycles. The standard InChI is InChI=1S/C11H13NO5S2/c1-8(13)18-7-6-11(14)12-9-2-4-10(5-3-9)19(15,16)17/h2-5H,6-7H2,1H3,(H,12,14)(H,15,16,17). The maximum Gasteiger partial charge on any atom is 0.294 e. The Morgan fingerprint density at radius 3 is 2.32 bits per heavy atom. The summed E-state index contributed by atoms with van der Waals surface area (Å²) < 4.78 is 30.4. The first-order chi connectivity index (χ1) is 8.79. The Bertz CT molecular complexity index is 565. The predicted octanol–water partition coefficient (Wildman–Crippen LogP) is 1.54. The van der Waals surface area contributed by atoms with Gasteiger partial charge in [0.2, 0.25) is 5.91 Å². The van der Waals surface area contributed by atoms with Gasteiger partial charge in [0.15, 0.2) is 5.12 Å². The number of thioether (sulfide) groups is 1. The van der Waals surface area contributed by atoms with Gasteiger partial charge >= 0.3 is 0 Å². The van der Waals surface area contributed by atoms with Crippen molar-refractivity contribution < 1.29 is 22.6 Å². The molecule has 0 saturated carbocycles. The summed E-state index contributed by atoms with van der Waals surface area (Å²) in [4.78, 5) is 21.9. The van der Waals surface area contributed by atoms with E-state index >= 15 is 0 Å². The monoisotopic (exact) mass is 303 g/mol. The van der Waals surface area contributed by atoms with Crippen molar-refractivity contribution in [3.8, 4) is 0 Å². The molecule has 19 heavy (non-hydrogen) atoms. The third-order valence-electron chi connectivity index (χ3n) is 2.07. The van der Waals surface area contributed by atoms with E-state index in [-0.39, 0.29) is 22.3 Å². The molecule has 1 aromatic carbocycles. The summed E-state index contributed by atoms with van der Waals surface area (Å²) >= 11 is 1.06. The van der Waals surface area contributed by atoms with Crippen LogP contribution >= 0.6 is 11.8 Å². The average Bonchev–Trinajstić information content (AvgIpc) is 2.27. The Kier molecular flexibility index (Phi) is 5.52. The molecule has 0 atom stereocenters. The van der Waals surface area contributed by atoms with E-state index < -0.39 is 10.1 Å². The van der Waals surface area contributed by atoms with Crippen LogP contribution in [0.4, 0.5) is 5.69 Å². The van der Waals surface area contributed by atoms with Gasteiger partial charge in [0.05, 0.1) is 4.90 Å². The molecule has 1 rings (SSSR count). The van der Waals surface area contributed by atoms with Crippen LogP contribution in [-0.2, 0) is 19.7 Å². The Hall–Kier alpha value is -1.38. The van der Waals surface area contributed by atoms with Gasteiger partial charge in [-0.05, 0) is 24.3 Å². The van der Waals surface area contributed by atoms with Crippen molar-refractivity contribution in [3.63, 3.8) is 0 Å². The zero-order chi connectivity index (χ0) is 14.5. The number of benzene rings is 1. The summed E-state index contributed by atoms with van der Waals surface area (Å²) in [5, 5.41) is 2.50. The summed E-state index contributed by atoms with van der Waals surface area (Å²) in [6.07, 6.45) is 0.185. The molecular formula is C11H13NO5S2. The van der Waals surface area contributed by atoms with E-state index in [2.05, 4.69) is 5.32 Å². The van der Waals surface area contributed by atoms with Gasteiger partial charge in [-0.25, -0.2) is 0 Å². The minimum atomic E-state index is -4.23. The van der Waals surface area contributed by atoms with Crippen LogP contribution in [-0.4, -0.2) is 29.7 Å². The van der Waals surface area contributed by atoms with E-state index in [9.17, 15) is 18.0 Å². The van der Waals surface area contributed by atoms with Gasteiger partial charge in [0.1, 0.15) is 0 Å². The molecule has 0 unspecified atom stereocenters. The molecule has 1 aromatic rings. The number of anilines is 1. The van der Waals surface area contributed by atoms with Crippen molar-refractivity contribution in [2.45, 2.75) is 18.2 Å². The molecule has 0 saturated heterocycles. The fourth-order valence-corrected chi connectivity index (χ4v) is 2.28. The molecule has 0 aliphatic carbocycles. The lowest BCUT2D eigenvalue weighted by Gasteiger charge is -2.05. The van der Waals surface area contributed by atoms with E-state index in [1.807, 2.05) is 0 Å². The maximum atomic E-state index is 11.5. The van der Waals surface area contributed by atoms with Gasteiger partial charge in [-0.3, -0.25) is 14.1 Å². The highest BCUT2D eigenvalue weighted by Gasteiger charge is 2.09. The lowest BCUT2D eigenvalue weighted by molar-refractivity contribution is -0.115. The molecule has 0 fully saturated rings. The van der Waals surface area contributed by atoms with Crippen molar-refractivity contribution in [3.05, 3.63) is 24.3 Å². The number of carbonyl (C=O) groups excluding carboxylic acids is 2. The molecule has 2 N–H and O–H groups in total. The quantitative estimate of drug-likeness (QED) is 0.800. The zero-order valence-corrected chi connectivity index (χ0v) is 11.8. The second kappa shape index (κ2) is 6.69. The smallest absolute Gasteiger partial charge is 0.294 e. The van der Waals surface area contributed by atoms with Crippen LogP contribution < -0.4 is 5.32 Å². The van der Waals surface area contributed by atoms with Gasteiger partial charge in [-0.2, -0.15) is 8.42 Å². The number of hydrogen-bond acceptors (Lipinski definition) is 5. The maximum absolute atomic E-state index is 11.5. The fourth-order valence-electron chi connectivity index (χ4n) is 1.22. The van der Waals surface area contributed by atoms with Crippen molar-refractivity contribution in [2.75, 3.05) is 11.1 Å². The van der Waals surface area contributed by atoms with Crippen LogP contribution in [0.3, 0.4) is 0 Å². The summed E-state index contributed by atoms with van der Waals surface area (Å²) in [5.74, 6) is 0.123. The summed E-state index contributed by atoms with van der Waals surface area (Å²) in [7, 11) is -4.23. The molecule has 6 nitrogen and oxygen atoms in total. The van der Waals surface area contributed by atoms with E-state index in [1.54, 1.807) is 0 Å². The van der Waals surface area contributed by atoms with Gasteiger partial charge in [0.25, 0.3) is 10.1 Å². The molecular weight excluding hydrogens is 290 g/mol. The second-order valence-corrected chi connectivity index (χ2v) is 6.33. The van der Waals surface area contributed by atoms with Gasteiger partial charge in [-0.1, -0.05) is 11.8 Å². The summed E-state index contributed by atoms with van der Waals surface area (Å²) in [6, 6.07) is 5.13. The molecule has 0 aliphatic heterocycles.